The summed E-state index contributed by atoms with van der Waals surface area (Å²) in [5.74, 6) is -1.20. The fraction of sp³-hybridized carbons (Fsp3) is 0.0769. The maximum Gasteiger partial charge on any atom is 0.357 e. The Hall–Kier alpha value is -2.33. The van der Waals surface area contributed by atoms with E-state index in [0.717, 1.165) is 0 Å². The summed E-state index contributed by atoms with van der Waals surface area (Å²) in [6, 6.07) is 6.17. The highest BCUT2D eigenvalue weighted by atomic mass is 79.9. The van der Waals surface area contributed by atoms with Crippen LogP contribution in [0.15, 0.2) is 28.9 Å². The number of anilines is 1. The van der Waals surface area contributed by atoms with Crippen molar-refractivity contribution in [3.05, 3.63) is 45.9 Å². The van der Waals surface area contributed by atoms with Crippen LogP contribution in [0.5, 0.6) is 0 Å². The number of ether oxygens (including phenoxy) is 1. The molecule has 2 rings (SSSR count). The number of methoxy groups -OCH3 is 1. The smallest absolute Gasteiger partial charge is 0.357 e. The normalized spacial score (nSPS) is 10.1. The first kappa shape index (κ1) is 14.1. The lowest BCUT2D eigenvalue weighted by atomic mass is 10.2. The summed E-state index contributed by atoms with van der Waals surface area (Å²) in [7, 11) is 1.20. The molecular formula is C13H9BrFN3O2. The molecular weight excluding hydrogens is 329 g/mol. The van der Waals surface area contributed by atoms with Gasteiger partial charge in [0.1, 0.15) is 11.9 Å². The largest absolute Gasteiger partial charge is 0.464 e. The first-order valence-corrected chi connectivity index (χ1v) is 6.23. The number of aromatic nitrogens is 1. The molecule has 2 N–H and O–H groups in total. The van der Waals surface area contributed by atoms with Gasteiger partial charge in [0.25, 0.3) is 0 Å². The molecule has 0 amide bonds. The molecule has 0 spiro atoms. The number of nitrogens with two attached hydrogens (primary N) is 1. The third kappa shape index (κ3) is 2.26. The Kier molecular flexibility index (Phi) is 3.77. The highest BCUT2D eigenvalue weighted by Crippen LogP contribution is 2.26. The van der Waals surface area contributed by atoms with Crippen LogP contribution in [0.4, 0.5) is 10.1 Å². The number of carbonyl (C=O) groups is 1. The lowest BCUT2D eigenvalue weighted by molar-refractivity contribution is 0.0593. The monoisotopic (exact) mass is 337 g/mol. The van der Waals surface area contributed by atoms with Crippen LogP contribution in [0, 0.1) is 17.1 Å². The molecule has 0 unspecified atom stereocenters. The molecule has 5 nitrogen and oxygen atoms in total. The molecule has 0 saturated carbocycles. The second kappa shape index (κ2) is 5.35. The zero-order valence-electron chi connectivity index (χ0n) is 10.4. The maximum absolute atomic E-state index is 13.6. The molecule has 0 atom stereocenters. The third-order valence-electron chi connectivity index (χ3n) is 2.72. The van der Waals surface area contributed by atoms with Crippen molar-refractivity contribution in [3.8, 4) is 11.8 Å². The van der Waals surface area contributed by atoms with Crippen LogP contribution in [-0.4, -0.2) is 17.6 Å². The molecule has 0 aliphatic heterocycles. The van der Waals surface area contributed by atoms with Gasteiger partial charge < -0.3 is 15.0 Å². The predicted octanol–water partition coefficient (Wildman–Crippen LogP) is 2.62. The molecule has 0 bridgehead atoms. The topological polar surface area (TPSA) is 81.0 Å². The zero-order chi connectivity index (χ0) is 14.9. The number of benzene rings is 1. The van der Waals surface area contributed by atoms with Crippen LogP contribution < -0.4 is 5.73 Å². The quantitative estimate of drug-likeness (QED) is 0.854. The minimum absolute atomic E-state index is 0.00248. The maximum atomic E-state index is 13.6. The van der Waals surface area contributed by atoms with Gasteiger partial charge in [0, 0.05) is 11.9 Å². The van der Waals surface area contributed by atoms with Crippen molar-refractivity contribution >= 4 is 27.6 Å². The Bertz CT molecular complexity index is 734. The number of nitrogens with zero attached hydrogens (tertiary/aromatic N) is 2. The van der Waals surface area contributed by atoms with E-state index >= 15 is 0 Å². The minimum atomic E-state index is -0.702. The number of esters is 1. The van der Waals surface area contributed by atoms with Crippen molar-refractivity contribution in [1.29, 1.82) is 5.26 Å². The summed E-state index contributed by atoms with van der Waals surface area (Å²) in [5.41, 5.74) is 6.22. The molecule has 20 heavy (non-hydrogen) atoms. The Morgan fingerprint density at radius 1 is 1.55 bits per heavy atom. The van der Waals surface area contributed by atoms with Gasteiger partial charge in [-0.1, -0.05) is 0 Å². The molecule has 1 heterocycles. The van der Waals surface area contributed by atoms with E-state index in [0.29, 0.717) is 10.2 Å². The van der Waals surface area contributed by atoms with Crippen molar-refractivity contribution in [2.45, 2.75) is 0 Å². The molecule has 102 valence electrons. The summed E-state index contributed by atoms with van der Waals surface area (Å²) in [4.78, 5) is 11.8. The number of rotatable bonds is 2. The van der Waals surface area contributed by atoms with Gasteiger partial charge in [-0.15, -0.1) is 0 Å². The van der Waals surface area contributed by atoms with Crippen molar-refractivity contribution in [3.63, 3.8) is 0 Å². The molecule has 0 aliphatic carbocycles. The summed E-state index contributed by atoms with van der Waals surface area (Å²) in [6.45, 7) is 0. The molecule has 1 aromatic carbocycles. The summed E-state index contributed by atoms with van der Waals surface area (Å²) < 4.78 is 19.9. The highest BCUT2D eigenvalue weighted by molar-refractivity contribution is 9.10. The molecule has 0 radical (unpaired) electrons. The van der Waals surface area contributed by atoms with E-state index in [9.17, 15) is 9.18 Å². The lowest BCUT2D eigenvalue weighted by Gasteiger charge is -2.08. The first-order chi connectivity index (χ1) is 9.49. The van der Waals surface area contributed by atoms with Crippen LogP contribution >= 0.6 is 15.9 Å². The van der Waals surface area contributed by atoms with E-state index in [2.05, 4.69) is 20.7 Å². The van der Waals surface area contributed by atoms with E-state index in [4.69, 9.17) is 11.0 Å². The van der Waals surface area contributed by atoms with E-state index in [1.807, 2.05) is 6.07 Å². The number of nitriles is 1. The fourth-order valence-electron chi connectivity index (χ4n) is 1.75. The van der Waals surface area contributed by atoms with Crippen molar-refractivity contribution in [2.75, 3.05) is 12.8 Å². The van der Waals surface area contributed by atoms with Gasteiger partial charge in [-0.25, -0.2) is 9.18 Å². The standard InChI is InChI=1S/C13H9BrFN3O2/c1-20-13(19)12-11(17)7(5-16)6-18(12)8-2-3-9(14)10(15)4-8/h2-4,6H,17H2,1H3. The van der Waals surface area contributed by atoms with Gasteiger partial charge in [-0.3, -0.25) is 0 Å². The van der Waals surface area contributed by atoms with Gasteiger partial charge in [-0.05, 0) is 34.1 Å². The number of carbonyl (C=O) groups excluding carboxylic acids is 1. The summed E-state index contributed by atoms with van der Waals surface area (Å²) >= 11 is 3.04. The SMILES string of the molecule is COC(=O)c1c(N)c(C#N)cn1-c1ccc(Br)c(F)c1. The van der Waals surface area contributed by atoms with Crippen LogP contribution in [0.3, 0.4) is 0 Å². The lowest BCUT2D eigenvalue weighted by Crippen LogP contribution is -2.11. The van der Waals surface area contributed by atoms with E-state index in [1.165, 1.54) is 30.0 Å². The van der Waals surface area contributed by atoms with Crippen molar-refractivity contribution in [1.82, 2.24) is 4.57 Å². The van der Waals surface area contributed by atoms with Crippen LogP contribution in [0.2, 0.25) is 0 Å². The number of hydrogen-bond acceptors (Lipinski definition) is 4. The van der Waals surface area contributed by atoms with Crippen molar-refractivity contribution in [2.24, 2.45) is 0 Å². The molecule has 0 fully saturated rings. The number of nitrogen functional groups attached to an aromatic ring is 1. The van der Waals surface area contributed by atoms with Gasteiger partial charge >= 0.3 is 5.97 Å². The Balaban J connectivity index is 2.70. The van der Waals surface area contributed by atoms with Crippen molar-refractivity contribution < 1.29 is 13.9 Å². The molecule has 2 aromatic rings. The third-order valence-corrected chi connectivity index (χ3v) is 3.37. The second-order valence-corrected chi connectivity index (χ2v) is 4.73. The second-order valence-electron chi connectivity index (χ2n) is 3.88. The first-order valence-electron chi connectivity index (χ1n) is 5.44. The minimum Gasteiger partial charge on any atom is -0.464 e. The molecule has 0 aliphatic rings. The van der Waals surface area contributed by atoms with E-state index in [1.54, 1.807) is 6.07 Å². The van der Waals surface area contributed by atoms with Gasteiger partial charge in [0.05, 0.1) is 22.8 Å². The average molecular weight is 338 g/mol. The molecule has 1 aromatic heterocycles. The summed E-state index contributed by atoms with van der Waals surface area (Å²) in [5, 5.41) is 8.98. The van der Waals surface area contributed by atoms with Gasteiger partial charge in [0.15, 0.2) is 5.69 Å². The Morgan fingerprint density at radius 2 is 2.25 bits per heavy atom. The average Bonchev–Trinajstić information content (AvgIpc) is 2.78. The number of hydrogen-bond donors (Lipinski definition) is 1. The summed E-state index contributed by atoms with van der Waals surface area (Å²) in [6.07, 6.45) is 1.37. The van der Waals surface area contributed by atoms with Crippen LogP contribution in [0.1, 0.15) is 16.1 Å². The predicted molar refractivity (Wildman–Crippen MR) is 73.9 cm³/mol. The van der Waals surface area contributed by atoms with Crippen LogP contribution in [-0.2, 0) is 4.74 Å². The highest BCUT2D eigenvalue weighted by Gasteiger charge is 2.21. The van der Waals surface area contributed by atoms with Gasteiger partial charge in [0.2, 0.25) is 0 Å². The fourth-order valence-corrected chi connectivity index (χ4v) is 2.00. The van der Waals surface area contributed by atoms with E-state index in [-0.39, 0.29) is 16.9 Å². The zero-order valence-corrected chi connectivity index (χ0v) is 11.9. The Labute approximate surface area is 122 Å². The molecule has 7 heteroatoms. The van der Waals surface area contributed by atoms with Crippen LogP contribution in [0.25, 0.3) is 5.69 Å². The Morgan fingerprint density at radius 3 is 2.80 bits per heavy atom. The number of halogens is 2. The molecule has 0 saturated heterocycles. The van der Waals surface area contributed by atoms with Gasteiger partial charge in [-0.2, -0.15) is 5.26 Å². The van der Waals surface area contributed by atoms with E-state index < -0.39 is 11.8 Å².